The van der Waals surface area contributed by atoms with E-state index < -0.39 is 4.92 Å². The Morgan fingerprint density at radius 3 is 2.80 bits per heavy atom. The standard InChI is InChI=1S/C16H18N4O5/c1-9(12-4-5-13-14(6-12)25-8-24-13)17-15(21)7-19-11(3)16(20(22)23)10(2)18-19/h4-6,9H,7-8H2,1-3H3,(H,17,21). The van der Waals surface area contributed by atoms with E-state index in [1.165, 1.54) is 4.68 Å². The maximum Gasteiger partial charge on any atom is 0.312 e. The number of carbonyl (C=O) groups excluding carboxylic acids is 1. The molecule has 1 aromatic carbocycles. The van der Waals surface area contributed by atoms with Crippen molar-refractivity contribution >= 4 is 11.6 Å². The van der Waals surface area contributed by atoms with Gasteiger partial charge in [-0.05, 0) is 38.5 Å². The summed E-state index contributed by atoms with van der Waals surface area (Å²) in [6.07, 6.45) is 0. The topological polar surface area (TPSA) is 109 Å². The molecule has 0 spiro atoms. The predicted molar refractivity (Wildman–Crippen MR) is 87.5 cm³/mol. The quantitative estimate of drug-likeness (QED) is 0.655. The lowest BCUT2D eigenvalue weighted by molar-refractivity contribution is -0.386. The monoisotopic (exact) mass is 346 g/mol. The Hall–Kier alpha value is -3.10. The summed E-state index contributed by atoms with van der Waals surface area (Å²) in [7, 11) is 0. The molecule has 1 N–H and O–H groups in total. The number of hydrogen-bond acceptors (Lipinski definition) is 6. The SMILES string of the molecule is Cc1nn(CC(=O)NC(C)c2ccc3c(c2)OCO3)c(C)c1[N+](=O)[O-]. The third kappa shape index (κ3) is 3.25. The fourth-order valence-corrected chi connectivity index (χ4v) is 2.79. The number of aromatic nitrogens is 2. The summed E-state index contributed by atoms with van der Waals surface area (Å²) in [5.41, 5.74) is 1.46. The molecule has 132 valence electrons. The average molecular weight is 346 g/mol. The van der Waals surface area contributed by atoms with E-state index in [1.54, 1.807) is 19.9 Å². The van der Waals surface area contributed by atoms with E-state index in [4.69, 9.17) is 9.47 Å². The minimum absolute atomic E-state index is 0.0587. The van der Waals surface area contributed by atoms with Crippen LogP contribution < -0.4 is 14.8 Å². The zero-order valence-corrected chi connectivity index (χ0v) is 14.1. The van der Waals surface area contributed by atoms with E-state index in [-0.39, 0.29) is 31.0 Å². The number of hydrogen-bond donors (Lipinski definition) is 1. The largest absolute Gasteiger partial charge is 0.454 e. The van der Waals surface area contributed by atoms with E-state index in [1.807, 2.05) is 19.1 Å². The van der Waals surface area contributed by atoms with Crippen LogP contribution in [0.5, 0.6) is 11.5 Å². The number of amides is 1. The lowest BCUT2D eigenvalue weighted by Crippen LogP contribution is -2.30. The molecule has 0 radical (unpaired) electrons. The van der Waals surface area contributed by atoms with Crippen LogP contribution in [-0.2, 0) is 11.3 Å². The van der Waals surface area contributed by atoms with Gasteiger partial charge in [0.05, 0.1) is 11.0 Å². The van der Waals surface area contributed by atoms with Gasteiger partial charge in [0.2, 0.25) is 12.7 Å². The van der Waals surface area contributed by atoms with Crippen molar-refractivity contribution in [3.05, 3.63) is 45.3 Å². The molecule has 9 heteroatoms. The van der Waals surface area contributed by atoms with E-state index in [0.717, 1.165) is 5.56 Å². The van der Waals surface area contributed by atoms with Gasteiger partial charge >= 0.3 is 5.69 Å². The number of fused-ring (bicyclic) bond motifs is 1. The van der Waals surface area contributed by atoms with Gasteiger partial charge in [-0.3, -0.25) is 19.6 Å². The van der Waals surface area contributed by atoms with E-state index >= 15 is 0 Å². The minimum Gasteiger partial charge on any atom is -0.454 e. The van der Waals surface area contributed by atoms with Gasteiger partial charge in [0.25, 0.3) is 0 Å². The first kappa shape index (κ1) is 16.7. The molecule has 25 heavy (non-hydrogen) atoms. The fourth-order valence-electron chi connectivity index (χ4n) is 2.79. The van der Waals surface area contributed by atoms with Crippen molar-refractivity contribution in [2.75, 3.05) is 6.79 Å². The smallest absolute Gasteiger partial charge is 0.312 e. The van der Waals surface area contributed by atoms with Crippen molar-refractivity contribution in [3.8, 4) is 11.5 Å². The molecule has 0 aliphatic carbocycles. The molecule has 0 saturated carbocycles. The van der Waals surface area contributed by atoms with Crippen LogP contribution >= 0.6 is 0 Å². The number of aryl methyl sites for hydroxylation is 1. The van der Waals surface area contributed by atoms with Crippen LogP contribution in [0.25, 0.3) is 0 Å². The zero-order chi connectivity index (χ0) is 18.1. The van der Waals surface area contributed by atoms with E-state index in [9.17, 15) is 14.9 Å². The Kier molecular flexibility index (Phi) is 4.30. The summed E-state index contributed by atoms with van der Waals surface area (Å²) in [5.74, 6) is 1.04. The summed E-state index contributed by atoms with van der Waals surface area (Å²) in [4.78, 5) is 22.8. The molecular weight excluding hydrogens is 328 g/mol. The molecule has 2 aromatic rings. The lowest BCUT2D eigenvalue weighted by Gasteiger charge is -2.15. The Morgan fingerprint density at radius 2 is 2.12 bits per heavy atom. The van der Waals surface area contributed by atoms with Crippen LogP contribution in [0.15, 0.2) is 18.2 Å². The molecule has 9 nitrogen and oxygen atoms in total. The number of nitro groups is 1. The second kappa shape index (κ2) is 6.42. The van der Waals surface area contributed by atoms with Gasteiger partial charge in [-0.15, -0.1) is 0 Å². The van der Waals surface area contributed by atoms with Crippen LogP contribution in [0.2, 0.25) is 0 Å². The second-order valence-corrected chi connectivity index (χ2v) is 5.84. The highest BCUT2D eigenvalue weighted by Gasteiger charge is 2.23. The van der Waals surface area contributed by atoms with Gasteiger partial charge < -0.3 is 14.8 Å². The molecule has 1 atom stereocenters. The van der Waals surface area contributed by atoms with E-state index in [2.05, 4.69) is 10.4 Å². The summed E-state index contributed by atoms with van der Waals surface area (Å²) in [6, 6.07) is 5.22. The van der Waals surface area contributed by atoms with Crippen molar-refractivity contribution in [3.63, 3.8) is 0 Å². The molecule has 1 amide bonds. The first-order chi connectivity index (χ1) is 11.9. The molecular formula is C16H18N4O5. The van der Waals surface area contributed by atoms with Crippen LogP contribution in [0.1, 0.15) is 29.9 Å². The highest BCUT2D eigenvalue weighted by molar-refractivity contribution is 5.76. The Morgan fingerprint density at radius 1 is 1.40 bits per heavy atom. The molecule has 1 aliphatic heterocycles. The first-order valence-electron chi connectivity index (χ1n) is 7.74. The Balaban J connectivity index is 1.68. The van der Waals surface area contributed by atoms with Gasteiger partial charge in [0.15, 0.2) is 11.5 Å². The van der Waals surface area contributed by atoms with Crippen molar-refractivity contribution in [2.45, 2.75) is 33.4 Å². The van der Waals surface area contributed by atoms with Crippen molar-refractivity contribution < 1.29 is 19.2 Å². The highest BCUT2D eigenvalue weighted by atomic mass is 16.7. The third-order valence-corrected chi connectivity index (χ3v) is 4.09. The number of nitrogens with one attached hydrogen (secondary N) is 1. The van der Waals surface area contributed by atoms with Gasteiger partial charge in [0, 0.05) is 0 Å². The summed E-state index contributed by atoms with van der Waals surface area (Å²) in [5, 5.41) is 18.0. The molecule has 1 aliphatic rings. The maximum atomic E-state index is 12.3. The highest BCUT2D eigenvalue weighted by Crippen LogP contribution is 2.34. The molecule has 0 fully saturated rings. The second-order valence-electron chi connectivity index (χ2n) is 5.84. The van der Waals surface area contributed by atoms with E-state index in [0.29, 0.717) is 22.9 Å². The predicted octanol–water partition coefficient (Wildman–Crippen LogP) is 2.01. The Labute approximate surface area is 143 Å². The summed E-state index contributed by atoms with van der Waals surface area (Å²) in [6.45, 7) is 5.08. The number of rotatable bonds is 5. The Bertz CT molecular complexity index is 845. The fraction of sp³-hybridized carbons (Fsp3) is 0.375. The molecule has 1 aromatic heterocycles. The van der Waals surface area contributed by atoms with Gasteiger partial charge in [-0.2, -0.15) is 5.10 Å². The summed E-state index contributed by atoms with van der Waals surface area (Å²) >= 11 is 0. The van der Waals surface area contributed by atoms with Crippen LogP contribution in [0.4, 0.5) is 5.69 Å². The van der Waals surface area contributed by atoms with Crippen molar-refractivity contribution in [1.29, 1.82) is 0 Å². The van der Waals surface area contributed by atoms with Crippen LogP contribution in [0.3, 0.4) is 0 Å². The van der Waals surface area contributed by atoms with Crippen molar-refractivity contribution in [2.24, 2.45) is 0 Å². The zero-order valence-electron chi connectivity index (χ0n) is 14.1. The number of ether oxygens (including phenoxy) is 2. The minimum atomic E-state index is -0.485. The molecule has 3 rings (SSSR count). The average Bonchev–Trinajstić information content (AvgIpc) is 3.10. The number of nitrogens with zero attached hydrogens (tertiary/aromatic N) is 3. The number of carbonyl (C=O) groups is 1. The normalized spacial score (nSPS) is 13.6. The maximum absolute atomic E-state index is 12.3. The van der Waals surface area contributed by atoms with Crippen LogP contribution in [-0.4, -0.2) is 27.4 Å². The first-order valence-corrected chi connectivity index (χ1v) is 7.74. The van der Waals surface area contributed by atoms with Gasteiger partial charge in [-0.25, -0.2) is 0 Å². The summed E-state index contributed by atoms with van der Waals surface area (Å²) < 4.78 is 11.9. The van der Waals surface area contributed by atoms with Gasteiger partial charge in [0.1, 0.15) is 17.9 Å². The molecule has 1 unspecified atom stereocenters. The molecule has 2 heterocycles. The third-order valence-electron chi connectivity index (χ3n) is 4.09. The molecule has 0 bridgehead atoms. The molecule has 0 saturated heterocycles. The van der Waals surface area contributed by atoms with Crippen molar-refractivity contribution in [1.82, 2.24) is 15.1 Å². The van der Waals surface area contributed by atoms with Gasteiger partial charge in [-0.1, -0.05) is 6.07 Å². The lowest BCUT2D eigenvalue weighted by atomic mass is 10.1. The van der Waals surface area contributed by atoms with Crippen LogP contribution in [0, 0.1) is 24.0 Å². The number of benzene rings is 1.